The Morgan fingerprint density at radius 1 is 1.21 bits per heavy atom. The van der Waals surface area contributed by atoms with Crippen molar-refractivity contribution >= 4 is 24.3 Å². The van der Waals surface area contributed by atoms with Crippen molar-refractivity contribution in [1.29, 1.82) is 0 Å². The molecule has 1 heterocycles. The maximum Gasteiger partial charge on any atom is 0.482 e. The van der Waals surface area contributed by atoms with Crippen LogP contribution in [0.15, 0.2) is 36.5 Å². The molecule has 2 aromatic rings. The van der Waals surface area contributed by atoms with Crippen LogP contribution in [0, 0.1) is 0 Å². The average Bonchev–Trinajstić information content (AvgIpc) is 2.19. The van der Waals surface area contributed by atoms with E-state index in [1.54, 1.807) is 6.20 Å². The summed E-state index contributed by atoms with van der Waals surface area (Å²) in [7, 11) is 0. The molecule has 0 amide bonds. The Hall–Kier alpha value is -1.59. The molecule has 71 valence electrons. The fraction of sp³-hybridized carbons (Fsp3) is 0. The van der Waals surface area contributed by atoms with E-state index >= 15 is 0 Å². The predicted molar refractivity (Wildman–Crippen MR) is 56.3 cm³/mol. The summed E-state index contributed by atoms with van der Waals surface area (Å²) in [4.78, 5) is 4.17. The number of nitrogen functional groups attached to an aromatic ring is 1. The van der Waals surface area contributed by atoms with Crippen LogP contribution in [-0.4, -0.2) is 22.7 Å². The first-order valence-corrected chi connectivity index (χ1v) is 3.98. The summed E-state index contributed by atoms with van der Waals surface area (Å²) in [5.41, 5.74) is 7.37. The van der Waals surface area contributed by atoms with Gasteiger partial charge in [-0.2, -0.15) is 0 Å². The van der Waals surface area contributed by atoms with Crippen LogP contribution in [0.2, 0.25) is 0 Å². The van der Waals surface area contributed by atoms with Gasteiger partial charge in [0.2, 0.25) is 0 Å². The Bertz CT molecular complexity index is 409. The smallest absolute Gasteiger partial charge is 0.429 e. The number of fused-ring (bicyclic) bond motifs is 1. The molecule has 0 aliphatic heterocycles. The van der Waals surface area contributed by atoms with Gasteiger partial charge in [-0.05, 0) is 24.3 Å². The quantitative estimate of drug-likeness (QED) is 0.412. The maximum absolute atomic E-state index is 7.00. The fourth-order valence-corrected chi connectivity index (χ4v) is 1.09. The molecule has 0 unspecified atom stereocenters. The molecule has 0 bridgehead atoms. The third kappa shape index (κ3) is 2.72. The van der Waals surface area contributed by atoms with Gasteiger partial charge in [-0.1, -0.05) is 6.07 Å². The first-order valence-electron chi connectivity index (χ1n) is 3.98. The number of nitrogens with zero attached hydrogens (tertiary/aromatic N) is 1. The van der Waals surface area contributed by atoms with Crippen LogP contribution < -0.4 is 5.73 Å². The fourth-order valence-electron chi connectivity index (χ4n) is 1.09. The van der Waals surface area contributed by atoms with E-state index in [0.29, 0.717) is 0 Å². The number of hydrogen-bond donors (Lipinski definition) is 3. The molecule has 1 aromatic heterocycles. The van der Waals surface area contributed by atoms with Crippen LogP contribution in [0.5, 0.6) is 0 Å². The van der Waals surface area contributed by atoms with Crippen molar-refractivity contribution in [2.75, 3.05) is 5.73 Å². The molecule has 4 N–H and O–H groups in total. The zero-order valence-electron chi connectivity index (χ0n) is 7.46. The number of aromatic nitrogens is 1. The SMILES string of the molecule is Nc1ccc2ncccc2c1.O[B]O. The van der Waals surface area contributed by atoms with E-state index in [9.17, 15) is 0 Å². The van der Waals surface area contributed by atoms with Crippen molar-refractivity contribution in [3.05, 3.63) is 36.5 Å². The Kier molecular flexibility index (Phi) is 3.91. The van der Waals surface area contributed by atoms with Crippen molar-refractivity contribution in [2.24, 2.45) is 0 Å². The van der Waals surface area contributed by atoms with Gasteiger partial charge in [0, 0.05) is 17.3 Å². The summed E-state index contributed by atoms with van der Waals surface area (Å²) in [5.74, 6) is 0. The molecule has 0 fully saturated rings. The predicted octanol–water partition coefficient (Wildman–Crippen LogP) is 0.322. The highest BCUT2D eigenvalue weighted by Gasteiger charge is 1.91. The van der Waals surface area contributed by atoms with Crippen molar-refractivity contribution in [2.45, 2.75) is 0 Å². The van der Waals surface area contributed by atoms with E-state index in [1.807, 2.05) is 30.3 Å². The largest absolute Gasteiger partial charge is 0.482 e. The second-order valence-electron chi connectivity index (χ2n) is 2.57. The Balaban J connectivity index is 0.000000293. The van der Waals surface area contributed by atoms with Crippen molar-refractivity contribution in [3.63, 3.8) is 0 Å². The topological polar surface area (TPSA) is 79.4 Å². The van der Waals surface area contributed by atoms with Gasteiger partial charge >= 0.3 is 7.69 Å². The van der Waals surface area contributed by atoms with Crippen LogP contribution in [0.4, 0.5) is 5.69 Å². The molecular formula is C9H10BN2O2. The van der Waals surface area contributed by atoms with Crippen molar-refractivity contribution < 1.29 is 10.0 Å². The average molecular weight is 189 g/mol. The molecule has 0 atom stereocenters. The minimum atomic E-state index is 0. The molecule has 1 aromatic carbocycles. The van der Waals surface area contributed by atoms with E-state index in [0.717, 1.165) is 16.6 Å². The van der Waals surface area contributed by atoms with Gasteiger partial charge in [-0.15, -0.1) is 0 Å². The lowest BCUT2D eigenvalue weighted by molar-refractivity contribution is 0.448. The third-order valence-electron chi connectivity index (χ3n) is 1.63. The van der Waals surface area contributed by atoms with Crippen LogP contribution in [0.3, 0.4) is 0 Å². The third-order valence-corrected chi connectivity index (χ3v) is 1.63. The monoisotopic (exact) mass is 189 g/mol. The van der Waals surface area contributed by atoms with Crippen LogP contribution in [-0.2, 0) is 0 Å². The summed E-state index contributed by atoms with van der Waals surface area (Å²) < 4.78 is 0. The van der Waals surface area contributed by atoms with Crippen LogP contribution >= 0.6 is 0 Å². The second kappa shape index (κ2) is 5.21. The molecule has 0 saturated carbocycles. The molecule has 0 saturated heterocycles. The number of rotatable bonds is 0. The van der Waals surface area contributed by atoms with Gasteiger partial charge < -0.3 is 15.8 Å². The lowest BCUT2D eigenvalue weighted by Gasteiger charge is -1.96. The van der Waals surface area contributed by atoms with E-state index in [1.165, 1.54) is 0 Å². The van der Waals surface area contributed by atoms with E-state index in [4.69, 9.17) is 15.8 Å². The molecule has 0 aliphatic rings. The zero-order chi connectivity index (χ0) is 10.4. The highest BCUT2D eigenvalue weighted by atomic mass is 16.4. The number of benzene rings is 1. The van der Waals surface area contributed by atoms with Crippen LogP contribution in [0.1, 0.15) is 0 Å². The molecule has 4 nitrogen and oxygen atoms in total. The number of anilines is 1. The van der Waals surface area contributed by atoms with Gasteiger partial charge in [-0.3, -0.25) is 4.98 Å². The summed E-state index contributed by atoms with van der Waals surface area (Å²) in [6, 6.07) is 9.60. The molecule has 2 rings (SSSR count). The number of nitrogens with two attached hydrogens (primary N) is 1. The van der Waals surface area contributed by atoms with Gasteiger partial charge in [-0.25, -0.2) is 0 Å². The van der Waals surface area contributed by atoms with E-state index in [-0.39, 0.29) is 7.69 Å². The molecule has 0 aliphatic carbocycles. The number of pyridine rings is 1. The number of hydrogen-bond acceptors (Lipinski definition) is 4. The highest BCUT2D eigenvalue weighted by Crippen LogP contribution is 2.13. The normalized spacial score (nSPS) is 9.00. The standard InChI is InChI=1S/C9H8N2.BH2O2/c10-8-3-4-9-7(6-8)2-1-5-11-9;2-1-3/h1-6H,10H2;2-3H. The van der Waals surface area contributed by atoms with Crippen molar-refractivity contribution in [3.8, 4) is 0 Å². The lowest BCUT2D eigenvalue weighted by Crippen LogP contribution is -1.84. The minimum absolute atomic E-state index is 0. The Morgan fingerprint density at radius 3 is 2.64 bits per heavy atom. The van der Waals surface area contributed by atoms with Gasteiger partial charge in [0.15, 0.2) is 0 Å². The van der Waals surface area contributed by atoms with E-state index < -0.39 is 0 Å². The van der Waals surface area contributed by atoms with Crippen LogP contribution in [0.25, 0.3) is 10.9 Å². The molecule has 14 heavy (non-hydrogen) atoms. The Morgan fingerprint density at radius 2 is 1.93 bits per heavy atom. The van der Waals surface area contributed by atoms with E-state index in [2.05, 4.69) is 4.98 Å². The summed E-state index contributed by atoms with van der Waals surface area (Å²) in [6.45, 7) is 0. The molecule has 1 radical (unpaired) electrons. The summed E-state index contributed by atoms with van der Waals surface area (Å²) >= 11 is 0. The summed E-state index contributed by atoms with van der Waals surface area (Å²) in [5, 5.41) is 15.1. The highest BCUT2D eigenvalue weighted by molar-refractivity contribution is 6.13. The first-order chi connectivity index (χ1) is 6.77. The first kappa shape index (κ1) is 10.5. The minimum Gasteiger partial charge on any atom is -0.429 e. The maximum atomic E-state index is 7.00. The Labute approximate surface area is 82.3 Å². The van der Waals surface area contributed by atoms with Gasteiger partial charge in [0.1, 0.15) is 0 Å². The molecule has 5 heteroatoms. The summed E-state index contributed by atoms with van der Waals surface area (Å²) in [6.07, 6.45) is 1.78. The molecular weight excluding hydrogens is 179 g/mol. The lowest BCUT2D eigenvalue weighted by atomic mass is 10.2. The van der Waals surface area contributed by atoms with Gasteiger partial charge in [0.25, 0.3) is 0 Å². The molecule has 0 spiro atoms. The zero-order valence-corrected chi connectivity index (χ0v) is 7.46. The van der Waals surface area contributed by atoms with Gasteiger partial charge in [0.05, 0.1) is 5.52 Å². The second-order valence-corrected chi connectivity index (χ2v) is 2.57. The van der Waals surface area contributed by atoms with Crippen molar-refractivity contribution in [1.82, 2.24) is 4.98 Å².